The number of thiophene rings is 1. The van der Waals surface area contributed by atoms with Gasteiger partial charge in [0.15, 0.2) is 11.7 Å². The number of nitrogens with one attached hydrogen (secondary N) is 1. The van der Waals surface area contributed by atoms with Crippen molar-refractivity contribution in [3.05, 3.63) is 46.2 Å². The average molecular weight is 332 g/mol. The number of aryl methyl sites for hydroxylation is 1. The van der Waals surface area contributed by atoms with Crippen LogP contribution in [-0.2, 0) is 9.53 Å². The van der Waals surface area contributed by atoms with Crippen molar-refractivity contribution >= 4 is 49.9 Å². The first-order valence-electron chi connectivity index (χ1n) is 6.51. The van der Waals surface area contributed by atoms with E-state index in [0.717, 1.165) is 15.1 Å². The Morgan fingerprint density at radius 1 is 1.18 bits per heavy atom. The fourth-order valence-corrected chi connectivity index (χ4v) is 3.47. The van der Waals surface area contributed by atoms with E-state index in [1.54, 1.807) is 6.07 Å². The molecule has 5 nitrogen and oxygen atoms in total. The van der Waals surface area contributed by atoms with Gasteiger partial charge in [-0.2, -0.15) is 0 Å². The smallest absolute Gasteiger partial charge is 0.348 e. The maximum Gasteiger partial charge on any atom is 0.348 e. The summed E-state index contributed by atoms with van der Waals surface area (Å²) in [5.74, 6) is -0.891. The molecule has 2 aromatic heterocycles. The Morgan fingerprint density at radius 2 is 2.00 bits per heavy atom. The number of anilines is 1. The lowest BCUT2D eigenvalue weighted by Crippen LogP contribution is -2.20. The van der Waals surface area contributed by atoms with Gasteiger partial charge in [-0.1, -0.05) is 23.5 Å². The zero-order chi connectivity index (χ0) is 15.5. The first kappa shape index (κ1) is 14.7. The van der Waals surface area contributed by atoms with Crippen LogP contribution in [0.2, 0.25) is 0 Å². The van der Waals surface area contributed by atoms with Gasteiger partial charge in [0.25, 0.3) is 5.91 Å². The fraction of sp³-hybridized carbons (Fsp3) is 0.133. The lowest BCUT2D eigenvalue weighted by atomic mass is 10.3. The number of hydrogen-bond acceptors (Lipinski definition) is 6. The van der Waals surface area contributed by atoms with E-state index >= 15 is 0 Å². The second-order valence-corrected chi connectivity index (χ2v) is 6.84. The number of thiazole rings is 1. The third kappa shape index (κ3) is 3.32. The molecule has 112 valence electrons. The zero-order valence-electron chi connectivity index (χ0n) is 11.7. The van der Waals surface area contributed by atoms with Crippen LogP contribution in [0.25, 0.3) is 10.2 Å². The summed E-state index contributed by atoms with van der Waals surface area (Å²) in [6.45, 7) is 1.58. The summed E-state index contributed by atoms with van der Waals surface area (Å²) in [5.41, 5.74) is 0.828. The molecular weight excluding hydrogens is 320 g/mol. The number of rotatable bonds is 4. The molecule has 1 N–H and O–H groups in total. The lowest BCUT2D eigenvalue weighted by Gasteiger charge is -2.02. The van der Waals surface area contributed by atoms with Crippen LogP contribution < -0.4 is 5.32 Å². The van der Waals surface area contributed by atoms with Crippen molar-refractivity contribution < 1.29 is 14.3 Å². The molecule has 0 unspecified atom stereocenters. The first-order chi connectivity index (χ1) is 10.6. The number of para-hydroxylation sites is 1. The van der Waals surface area contributed by atoms with Crippen molar-refractivity contribution in [1.29, 1.82) is 0 Å². The number of aromatic nitrogens is 1. The number of ether oxygens (including phenoxy) is 1. The van der Waals surface area contributed by atoms with Crippen LogP contribution in [0.1, 0.15) is 14.5 Å². The molecule has 1 aromatic carbocycles. The van der Waals surface area contributed by atoms with E-state index in [-0.39, 0.29) is 6.61 Å². The van der Waals surface area contributed by atoms with Gasteiger partial charge >= 0.3 is 5.97 Å². The van der Waals surface area contributed by atoms with Crippen LogP contribution in [-0.4, -0.2) is 23.5 Å². The molecule has 0 aliphatic carbocycles. The SMILES string of the molecule is Cc1ccc(C(=O)OCC(=O)Nc2nc3ccccc3s2)s1. The van der Waals surface area contributed by atoms with E-state index < -0.39 is 11.9 Å². The van der Waals surface area contributed by atoms with Crippen molar-refractivity contribution in [2.45, 2.75) is 6.92 Å². The van der Waals surface area contributed by atoms with Gasteiger partial charge in [-0.05, 0) is 31.2 Å². The van der Waals surface area contributed by atoms with Gasteiger partial charge in [-0.25, -0.2) is 9.78 Å². The Hall–Kier alpha value is -2.25. The molecule has 0 aliphatic heterocycles. The summed E-state index contributed by atoms with van der Waals surface area (Å²) in [5, 5.41) is 3.13. The van der Waals surface area contributed by atoms with Crippen LogP contribution in [0.5, 0.6) is 0 Å². The lowest BCUT2D eigenvalue weighted by molar-refractivity contribution is -0.119. The van der Waals surface area contributed by atoms with Crippen LogP contribution >= 0.6 is 22.7 Å². The van der Waals surface area contributed by atoms with Gasteiger partial charge in [0, 0.05) is 4.88 Å². The van der Waals surface area contributed by atoms with Gasteiger partial charge in [0.1, 0.15) is 4.88 Å². The predicted molar refractivity (Wildman–Crippen MR) is 87.6 cm³/mol. The first-order valence-corrected chi connectivity index (χ1v) is 8.14. The van der Waals surface area contributed by atoms with Crippen LogP contribution in [0.3, 0.4) is 0 Å². The van der Waals surface area contributed by atoms with Crippen molar-refractivity contribution in [3.63, 3.8) is 0 Å². The van der Waals surface area contributed by atoms with Crippen LogP contribution in [0, 0.1) is 6.92 Å². The molecular formula is C15H12N2O3S2. The molecule has 7 heteroatoms. The van der Waals surface area contributed by atoms with Gasteiger partial charge in [-0.15, -0.1) is 11.3 Å². The number of carbonyl (C=O) groups excluding carboxylic acids is 2. The Labute approximate surface area is 134 Å². The summed E-state index contributed by atoms with van der Waals surface area (Å²) < 4.78 is 5.98. The minimum Gasteiger partial charge on any atom is -0.451 e. The highest BCUT2D eigenvalue weighted by atomic mass is 32.1. The van der Waals surface area contributed by atoms with Gasteiger partial charge < -0.3 is 4.74 Å². The maximum atomic E-state index is 11.8. The number of amides is 1. The summed E-state index contributed by atoms with van der Waals surface area (Å²) >= 11 is 2.72. The number of carbonyl (C=O) groups is 2. The summed E-state index contributed by atoms with van der Waals surface area (Å²) in [4.78, 5) is 29.4. The highest BCUT2D eigenvalue weighted by Crippen LogP contribution is 2.25. The molecule has 3 aromatic rings. The molecule has 0 radical (unpaired) electrons. The van der Waals surface area contributed by atoms with E-state index in [4.69, 9.17) is 4.74 Å². The minimum absolute atomic E-state index is 0.328. The standard InChI is InChI=1S/C15H12N2O3S2/c1-9-6-7-12(21-9)14(19)20-8-13(18)17-15-16-10-4-2-3-5-11(10)22-15/h2-7H,8H2,1H3,(H,16,17,18). The average Bonchev–Trinajstić information content (AvgIpc) is 3.10. The highest BCUT2D eigenvalue weighted by molar-refractivity contribution is 7.22. The van der Waals surface area contributed by atoms with Crippen molar-refractivity contribution in [3.8, 4) is 0 Å². The molecule has 0 saturated carbocycles. The molecule has 3 rings (SSSR count). The van der Waals surface area contributed by atoms with Crippen LogP contribution in [0.4, 0.5) is 5.13 Å². The summed E-state index contributed by atoms with van der Waals surface area (Å²) in [6, 6.07) is 11.1. The van der Waals surface area contributed by atoms with E-state index in [0.29, 0.717) is 10.0 Å². The molecule has 2 heterocycles. The van der Waals surface area contributed by atoms with E-state index in [1.807, 2.05) is 37.3 Å². The molecule has 22 heavy (non-hydrogen) atoms. The Bertz CT molecular complexity index is 805. The molecule has 0 fully saturated rings. The van der Waals surface area contributed by atoms with Gasteiger partial charge in [0.05, 0.1) is 10.2 Å². The maximum absolute atomic E-state index is 11.8. The Balaban J connectivity index is 1.57. The Kier molecular flexibility index (Phi) is 4.17. The van der Waals surface area contributed by atoms with Crippen molar-refractivity contribution in [2.75, 3.05) is 11.9 Å². The van der Waals surface area contributed by atoms with E-state index in [9.17, 15) is 9.59 Å². The zero-order valence-corrected chi connectivity index (χ0v) is 13.3. The normalized spacial score (nSPS) is 10.6. The van der Waals surface area contributed by atoms with Crippen molar-refractivity contribution in [2.24, 2.45) is 0 Å². The number of esters is 1. The quantitative estimate of drug-likeness (QED) is 0.743. The number of hydrogen-bond donors (Lipinski definition) is 1. The molecule has 0 spiro atoms. The number of nitrogens with zero attached hydrogens (tertiary/aromatic N) is 1. The number of benzene rings is 1. The predicted octanol–water partition coefficient (Wildman–Crippen LogP) is 3.46. The largest absolute Gasteiger partial charge is 0.451 e. The second kappa shape index (κ2) is 6.25. The van der Waals surface area contributed by atoms with E-state index in [2.05, 4.69) is 10.3 Å². The summed E-state index contributed by atoms with van der Waals surface area (Å²) in [7, 11) is 0. The minimum atomic E-state index is -0.488. The summed E-state index contributed by atoms with van der Waals surface area (Å²) in [6.07, 6.45) is 0. The van der Waals surface area contributed by atoms with Gasteiger partial charge in [-0.3, -0.25) is 10.1 Å². The number of fused-ring (bicyclic) bond motifs is 1. The second-order valence-electron chi connectivity index (χ2n) is 4.52. The molecule has 0 aliphatic rings. The highest BCUT2D eigenvalue weighted by Gasteiger charge is 2.13. The molecule has 0 saturated heterocycles. The van der Waals surface area contributed by atoms with Crippen LogP contribution in [0.15, 0.2) is 36.4 Å². The fourth-order valence-electron chi connectivity index (χ4n) is 1.83. The Morgan fingerprint density at radius 3 is 2.73 bits per heavy atom. The molecule has 0 bridgehead atoms. The third-order valence-corrected chi connectivity index (χ3v) is 4.75. The van der Waals surface area contributed by atoms with E-state index in [1.165, 1.54) is 22.7 Å². The van der Waals surface area contributed by atoms with Crippen molar-refractivity contribution in [1.82, 2.24) is 4.98 Å². The molecule has 1 amide bonds. The topological polar surface area (TPSA) is 68.3 Å². The monoisotopic (exact) mass is 332 g/mol. The third-order valence-electron chi connectivity index (χ3n) is 2.82. The van der Waals surface area contributed by atoms with Gasteiger partial charge in [0.2, 0.25) is 0 Å². The molecule has 0 atom stereocenters.